The molecule has 120 valence electrons. The molecule has 1 aliphatic rings. The summed E-state index contributed by atoms with van der Waals surface area (Å²) in [5, 5.41) is 7.91. The molecule has 23 heavy (non-hydrogen) atoms. The number of nitrogens with one attached hydrogen (secondary N) is 1. The van der Waals surface area contributed by atoms with Crippen LogP contribution in [0.25, 0.3) is 5.69 Å². The molecule has 0 bridgehead atoms. The van der Waals surface area contributed by atoms with E-state index in [4.69, 9.17) is 11.6 Å². The van der Waals surface area contributed by atoms with Crippen LogP contribution in [0, 0.1) is 6.92 Å². The first kappa shape index (κ1) is 15.6. The van der Waals surface area contributed by atoms with E-state index >= 15 is 0 Å². The first-order valence-corrected chi connectivity index (χ1v) is 7.69. The van der Waals surface area contributed by atoms with E-state index < -0.39 is 0 Å². The van der Waals surface area contributed by atoms with Crippen molar-refractivity contribution in [3.63, 3.8) is 0 Å². The molecule has 1 fully saturated rings. The second-order valence-corrected chi connectivity index (χ2v) is 6.13. The highest BCUT2D eigenvalue weighted by Gasteiger charge is 2.28. The second-order valence-electron chi connectivity index (χ2n) is 5.70. The maximum Gasteiger partial charge on any atom is 0.255 e. The van der Waals surface area contributed by atoms with Gasteiger partial charge in [-0.1, -0.05) is 11.6 Å². The van der Waals surface area contributed by atoms with Gasteiger partial charge in [0.2, 0.25) is 5.91 Å². The molecule has 0 spiro atoms. The quantitative estimate of drug-likeness (QED) is 0.932. The third-order valence-corrected chi connectivity index (χ3v) is 4.16. The van der Waals surface area contributed by atoms with Gasteiger partial charge in [0.15, 0.2) is 0 Å². The summed E-state index contributed by atoms with van der Waals surface area (Å²) >= 11 is 5.88. The van der Waals surface area contributed by atoms with E-state index in [-0.39, 0.29) is 17.9 Å². The molecule has 1 aromatic heterocycles. The van der Waals surface area contributed by atoms with Crippen molar-refractivity contribution in [2.75, 3.05) is 13.6 Å². The van der Waals surface area contributed by atoms with Crippen LogP contribution in [-0.4, -0.2) is 46.1 Å². The van der Waals surface area contributed by atoms with Crippen molar-refractivity contribution in [1.29, 1.82) is 0 Å². The summed E-state index contributed by atoms with van der Waals surface area (Å²) in [4.78, 5) is 25.6. The van der Waals surface area contributed by atoms with Crippen LogP contribution in [0.2, 0.25) is 5.02 Å². The van der Waals surface area contributed by atoms with Gasteiger partial charge in [-0.25, -0.2) is 4.68 Å². The lowest BCUT2D eigenvalue weighted by Crippen LogP contribution is -2.36. The minimum absolute atomic E-state index is 0.0453. The Morgan fingerprint density at radius 1 is 1.35 bits per heavy atom. The molecule has 3 rings (SSSR count). The van der Waals surface area contributed by atoms with E-state index in [1.54, 1.807) is 41.9 Å². The van der Waals surface area contributed by atoms with Crippen LogP contribution < -0.4 is 5.32 Å². The predicted molar refractivity (Wildman–Crippen MR) is 86.8 cm³/mol. The largest absolute Gasteiger partial charge is 0.347 e. The van der Waals surface area contributed by atoms with Gasteiger partial charge >= 0.3 is 0 Å². The van der Waals surface area contributed by atoms with E-state index in [1.165, 1.54) is 0 Å². The number of likely N-dealkylation sites (N-methyl/N-ethyl adjacent to an activating group) is 1. The van der Waals surface area contributed by atoms with Gasteiger partial charge in [0.05, 0.1) is 23.0 Å². The summed E-state index contributed by atoms with van der Waals surface area (Å²) in [5.74, 6) is -0.167. The van der Waals surface area contributed by atoms with Crippen LogP contribution >= 0.6 is 11.6 Å². The van der Waals surface area contributed by atoms with Gasteiger partial charge in [-0.15, -0.1) is 0 Å². The number of hydrogen-bond donors (Lipinski definition) is 1. The van der Waals surface area contributed by atoms with Gasteiger partial charge in [-0.3, -0.25) is 9.59 Å². The first-order chi connectivity index (χ1) is 10.9. The SMILES string of the molecule is Cc1nn(-c2ccc(Cl)cc2)cc1C(=O)N[C@H]1CC(=O)N(C)C1. The first-order valence-electron chi connectivity index (χ1n) is 7.31. The number of carbonyl (C=O) groups excluding carboxylic acids is 2. The molecule has 0 radical (unpaired) electrons. The lowest BCUT2D eigenvalue weighted by molar-refractivity contribution is -0.126. The topological polar surface area (TPSA) is 67.2 Å². The molecule has 2 aromatic rings. The number of carbonyl (C=O) groups is 2. The summed E-state index contributed by atoms with van der Waals surface area (Å²) in [5.41, 5.74) is 1.96. The number of benzene rings is 1. The van der Waals surface area contributed by atoms with E-state index in [0.717, 1.165) is 5.69 Å². The fourth-order valence-corrected chi connectivity index (χ4v) is 2.76. The zero-order valence-corrected chi connectivity index (χ0v) is 13.7. The van der Waals surface area contributed by atoms with E-state index in [2.05, 4.69) is 10.4 Å². The van der Waals surface area contributed by atoms with Gasteiger partial charge < -0.3 is 10.2 Å². The Kier molecular flexibility index (Phi) is 4.09. The Bertz CT molecular complexity index is 754. The van der Waals surface area contributed by atoms with Crippen LogP contribution in [0.3, 0.4) is 0 Å². The molecule has 0 unspecified atom stereocenters. The standard InChI is InChI=1S/C16H17ClN4O2/c1-10-14(16(23)18-12-7-15(22)20(2)8-12)9-21(19-10)13-5-3-11(17)4-6-13/h3-6,9,12H,7-8H2,1-2H3,(H,18,23)/t12-/m0/s1. The summed E-state index contributed by atoms with van der Waals surface area (Å²) in [6.45, 7) is 2.32. The highest BCUT2D eigenvalue weighted by Crippen LogP contribution is 2.16. The Hall–Kier alpha value is -2.34. The smallest absolute Gasteiger partial charge is 0.255 e. The van der Waals surface area contributed by atoms with Crippen LogP contribution in [0.5, 0.6) is 0 Å². The summed E-state index contributed by atoms with van der Waals surface area (Å²) in [6.07, 6.45) is 2.03. The number of aryl methyl sites for hydroxylation is 1. The molecule has 1 aromatic carbocycles. The number of rotatable bonds is 3. The fraction of sp³-hybridized carbons (Fsp3) is 0.312. The predicted octanol–water partition coefficient (Wildman–Crippen LogP) is 1.79. The minimum Gasteiger partial charge on any atom is -0.347 e. The minimum atomic E-state index is -0.212. The molecule has 1 atom stereocenters. The number of amides is 2. The monoisotopic (exact) mass is 332 g/mol. The zero-order valence-electron chi connectivity index (χ0n) is 12.9. The normalized spacial score (nSPS) is 17.6. The zero-order chi connectivity index (χ0) is 16.6. The van der Waals surface area contributed by atoms with Gasteiger partial charge in [0.25, 0.3) is 5.91 Å². The number of hydrogen-bond acceptors (Lipinski definition) is 3. The Balaban J connectivity index is 1.77. The van der Waals surface area contributed by atoms with E-state index in [9.17, 15) is 9.59 Å². The summed E-state index contributed by atoms with van der Waals surface area (Å²) < 4.78 is 1.65. The van der Waals surface area contributed by atoms with Crippen molar-refractivity contribution in [2.24, 2.45) is 0 Å². The van der Waals surface area contributed by atoms with Crippen molar-refractivity contribution in [2.45, 2.75) is 19.4 Å². The van der Waals surface area contributed by atoms with Crippen molar-refractivity contribution < 1.29 is 9.59 Å². The maximum absolute atomic E-state index is 12.4. The third-order valence-electron chi connectivity index (χ3n) is 3.91. The van der Waals surface area contributed by atoms with Gasteiger partial charge in [0.1, 0.15) is 0 Å². The molecular weight excluding hydrogens is 316 g/mol. The van der Waals surface area contributed by atoms with Crippen LogP contribution in [-0.2, 0) is 4.79 Å². The highest BCUT2D eigenvalue weighted by molar-refractivity contribution is 6.30. The van der Waals surface area contributed by atoms with Gasteiger partial charge in [0, 0.05) is 31.2 Å². The Morgan fingerprint density at radius 2 is 2.04 bits per heavy atom. The fourth-order valence-electron chi connectivity index (χ4n) is 2.63. The number of likely N-dealkylation sites (tertiary alicyclic amines) is 1. The molecule has 2 heterocycles. The Morgan fingerprint density at radius 3 is 2.65 bits per heavy atom. The summed E-state index contributed by atoms with van der Waals surface area (Å²) in [6, 6.07) is 7.06. The molecule has 0 aliphatic carbocycles. The van der Waals surface area contributed by atoms with Gasteiger partial charge in [-0.2, -0.15) is 5.10 Å². The number of halogens is 1. The summed E-state index contributed by atoms with van der Waals surface area (Å²) in [7, 11) is 1.73. The number of nitrogens with zero attached hydrogens (tertiary/aromatic N) is 3. The van der Waals surface area contributed by atoms with E-state index in [0.29, 0.717) is 29.2 Å². The van der Waals surface area contributed by atoms with Crippen LogP contribution in [0.1, 0.15) is 22.5 Å². The Labute approximate surface area is 139 Å². The average molecular weight is 333 g/mol. The molecule has 0 saturated carbocycles. The molecule has 7 heteroatoms. The van der Waals surface area contributed by atoms with Crippen molar-refractivity contribution >= 4 is 23.4 Å². The molecule has 1 N–H and O–H groups in total. The molecule has 1 saturated heterocycles. The van der Waals surface area contributed by atoms with Crippen molar-refractivity contribution in [3.8, 4) is 5.69 Å². The molecular formula is C16H17ClN4O2. The van der Waals surface area contributed by atoms with Crippen molar-refractivity contribution in [3.05, 3.63) is 46.7 Å². The molecule has 6 nitrogen and oxygen atoms in total. The third kappa shape index (κ3) is 3.22. The lowest BCUT2D eigenvalue weighted by Gasteiger charge is -2.11. The van der Waals surface area contributed by atoms with Crippen molar-refractivity contribution in [1.82, 2.24) is 20.0 Å². The second kappa shape index (κ2) is 6.04. The van der Waals surface area contributed by atoms with Gasteiger partial charge in [-0.05, 0) is 31.2 Å². The lowest BCUT2D eigenvalue weighted by atomic mass is 10.2. The average Bonchev–Trinajstić information content (AvgIpc) is 3.03. The maximum atomic E-state index is 12.4. The molecule has 1 aliphatic heterocycles. The number of aromatic nitrogens is 2. The van der Waals surface area contributed by atoms with Crippen LogP contribution in [0.4, 0.5) is 0 Å². The van der Waals surface area contributed by atoms with E-state index in [1.807, 2.05) is 12.1 Å². The molecule has 2 amide bonds. The van der Waals surface area contributed by atoms with Crippen LogP contribution in [0.15, 0.2) is 30.5 Å². The highest BCUT2D eigenvalue weighted by atomic mass is 35.5.